The molecule has 0 radical (unpaired) electrons. The molecule has 0 spiro atoms. The lowest BCUT2D eigenvalue weighted by molar-refractivity contribution is -0.140. The predicted octanol–water partition coefficient (Wildman–Crippen LogP) is 4.09. The minimum Gasteiger partial charge on any atom is -0.469 e. The molecular weight excluding hydrogens is 316 g/mol. The molecule has 0 aromatic carbocycles. The number of esters is 1. The fourth-order valence-electron chi connectivity index (χ4n) is 5.33. The third kappa shape index (κ3) is 4.77. The van der Waals surface area contributed by atoms with E-state index in [9.17, 15) is 9.90 Å². The van der Waals surface area contributed by atoms with E-state index in [0.29, 0.717) is 24.5 Å². The maximum Gasteiger partial charge on any atom is 0.305 e. The molecule has 2 saturated carbocycles. The van der Waals surface area contributed by atoms with Gasteiger partial charge in [-0.05, 0) is 49.4 Å². The van der Waals surface area contributed by atoms with E-state index in [1.807, 2.05) is 0 Å². The van der Waals surface area contributed by atoms with Crippen LogP contribution in [0.1, 0.15) is 77.6 Å². The van der Waals surface area contributed by atoms with Crippen molar-refractivity contribution in [2.45, 2.75) is 95.9 Å². The Kier molecular flexibility index (Phi) is 6.79. The average molecular weight is 353 g/mol. The topological polar surface area (TPSA) is 59.1 Å². The highest BCUT2D eigenvalue weighted by molar-refractivity contribution is 5.68. The number of hydrogen-bond donors (Lipinski definition) is 1. The predicted molar refractivity (Wildman–Crippen MR) is 97.1 cm³/mol. The van der Waals surface area contributed by atoms with Crippen molar-refractivity contribution in [3.8, 4) is 0 Å². The highest BCUT2D eigenvalue weighted by atomic mass is 16.6. The number of fused-ring (bicyclic) bond motifs is 1. The number of methoxy groups -OCH3 is 1. The maximum atomic E-state index is 11.1. The van der Waals surface area contributed by atoms with Crippen LogP contribution in [0.3, 0.4) is 0 Å². The largest absolute Gasteiger partial charge is 0.469 e. The molecule has 4 nitrogen and oxygen atoms in total. The first kappa shape index (κ1) is 19.2. The smallest absolute Gasteiger partial charge is 0.305 e. The van der Waals surface area contributed by atoms with Gasteiger partial charge in [-0.15, -0.1) is 0 Å². The zero-order valence-electron chi connectivity index (χ0n) is 16.0. The van der Waals surface area contributed by atoms with E-state index in [2.05, 4.69) is 11.7 Å². The van der Waals surface area contributed by atoms with Crippen molar-refractivity contribution >= 4 is 5.97 Å². The van der Waals surface area contributed by atoms with E-state index >= 15 is 0 Å². The fraction of sp³-hybridized carbons (Fsp3) is 0.952. The summed E-state index contributed by atoms with van der Waals surface area (Å²) in [5.74, 6) is 2.61. The molecule has 7 atom stereocenters. The minimum absolute atomic E-state index is 0.0846. The van der Waals surface area contributed by atoms with Gasteiger partial charge in [0.1, 0.15) is 0 Å². The molecule has 0 aromatic heterocycles. The fourth-order valence-corrected chi connectivity index (χ4v) is 5.33. The average Bonchev–Trinajstić information content (AvgIpc) is 3.48. The van der Waals surface area contributed by atoms with Gasteiger partial charge in [-0.3, -0.25) is 4.79 Å². The summed E-state index contributed by atoms with van der Waals surface area (Å²) in [7, 11) is 1.45. The van der Waals surface area contributed by atoms with Crippen molar-refractivity contribution < 1.29 is 19.4 Å². The molecule has 1 N–H and O–H groups in total. The SMILES string of the molecule is CCCCCC1OC1C1C2C[C@H](O)[C@H](CCCCCCC(=O)OC)C21. The van der Waals surface area contributed by atoms with Crippen LogP contribution in [-0.4, -0.2) is 36.5 Å². The lowest BCUT2D eigenvalue weighted by atomic mass is 9.90. The van der Waals surface area contributed by atoms with E-state index in [0.717, 1.165) is 49.9 Å². The van der Waals surface area contributed by atoms with Gasteiger partial charge in [-0.25, -0.2) is 0 Å². The van der Waals surface area contributed by atoms with Crippen molar-refractivity contribution in [3.05, 3.63) is 0 Å². The Balaban J connectivity index is 1.30. The number of aliphatic hydroxyl groups excluding tert-OH is 1. The second-order valence-corrected chi connectivity index (χ2v) is 8.45. The summed E-state index contributed by atoms with van der Waals surface area (Å²) in [6, 6.07) is 0. The van der Waals surface area contributed by atoms with Crippen LogP contribution in [0.5, 0.6) is 0 Å². The van der Waals surface area contributed by atoms with Gasteiger partial charge in [0.2, 0.25) is 0 Å². The third-order valence-electron chi connectivity index (χ3n) is 6.78. The molecule has 4 heteroatoms. The van der Waals surface area contributed by atoms with Crippen molar-refractivity contribution in [2.24, 2.45) is 23.7 Å². The zero-order chi connectivity index (χ0) is 17.8. The molecule has 144 valence electrons. The molecule has 3 rings (SSSR count). The van der Waals surface area contributed by atoms with Crippen LogP contribution < -0.4 is 0 Å². The van der Waals surface area contributed by atoms with E-state index in [1.165, 1.54) is 39.2 Å². The molecule has 5 unspecified atom stereocenters. The molecule has 0 aromatic rings. The van der Waals surface area contributed by atoms with Gasteiger partial charge >= 0.3 is 5.97 Å². The summed E-state index contributed by atoms with van der Waals surface area (Å²) in [5, 5.41) is 10.4. The molecule has 3 aliphatic rings. The highest BCUT2D eigenvalue weighted by Gasteiger charge is 2.68. The molecule has 0 bridgehead atoms. The summed E-state index contributed by atoms with van der Waals surface area (Å²) >= 11 is 0. The van der Waals surface area contributed by atoms with Crippen LogP contribution in [-0.2, 0) is 14.3 Å². The lowest BCUT2D eigenvalue weighted by Gasteiger charge is -2.19. The van der Waals surface area contributed by atoms with Crippen LogP contribution in [0.25, 0.3) is 0 Å². The van der Waals surface area contributed by atoms with Crippen molar-refractivity contribution in [2.75, 3.05) is 7.11 Å². The Hall–Kier alpha value is -0.610. The number of rotatable bonds is 12. The monoisotopic (exact) mass is 352 g/mol. The number of hydrogen-bond acceptors (Lipinski definition) is 4. The first-order valence-electron chi connectivity index (χ1n) is 10.6. The Morgan fingerprint density at radius 3 is 2.60 bits per heavy atom. The van der Waals surface area contributed by atoms with Crippen LogP contribution in [0, 0.1) is 23.7 Å². The summed E-state index contributed by atoms with van der Waals surface area (Å²) in [6.07, 6.45) is 13.1. The summed E-state index contributed by atoms with van der Waals surface area (Å²) < 4.78 is 10.6. The normalized spacial score (nSPS) is 38.4. The van der Waals surface area contributed by atoms with Gasteiger partial charge in [-0.1, -0.05) is 45.4 Å². The summed E-state index contributed by atoms with van der Waals surface area (Å²) in [6.45, 7) is 2.25. The Bertz CT molecular complexity index is 438. The Morgan fingerprint density at radius 1 is 1.08 bits per heavy atom. The number of carbonyl (C=O) groups excluding carboxylic acids is 1. The molecular formula is C21H36O4. The first-order valence-corrected chi connectivity index (χ1v) is 10.6. The lowest BCUT2D eigenvalue weighted by Crippen LogP contribution is -2.21. The Morgan fingerprint density at radius 2 is 1.84 bits per heavy atom. The minimum atomic E-state index is -0.104. The number of epoxide rings is 1. The maximum absolute atomic E-state index is 11.1. The first-order chi connectivity index (χ1) is 12.2. The van der Waals surface area contributed by atoms with Gasteiger partial charge in [-0.2, -0.15) is 0 Å². The van der Waals surface area contributed by atoms with Crippen LogP contribution in [0.2, 0.25) is 0 Å². The second kappa shape index (κ2) is 8.85. The number of carbonyl (C=O) groups is 1. The van der Waals surface area contributed by atoms with Crippen molar-refractivity contribution in [1.29, 1.82) is 0 Å². The second-order valence-electron chi connectivity index (χ2n) is 8.45. The number of unbranched alkanes of at least 4 members (excludes halogenated alkanes) is 5. The van der Waals surface area contributed by atoms with Crippen LogP contribution >= 0.6 is 0 Å². The van der Waals surface area contributed by atoms with Gasteiger partial charge in [0.05, 0.1) is 25.4 Å². The number of aliphatic hydroxyl groups is 1. The van der Waals surface area contributed by atoms with Gasteiger partial charge in [0, 0.05) is 6.42 Å². The van der Waals surface area contributed by atoms with E-state index in [-0.39, 0.29) is 12.1 Å². The van der Waals surface area contributed by atoms with Crippen LogP contribution in [0.15, 0.2) is 0 Å². The zero-order valence-corrected chi connectivity index (χ0v) is 16.0. The van der Waals surface area contributed by atoms with Crippen molar-refractivity contribution in [3.63, 3.8) is 0 Å². The van der Waals surface area contributed by atoms with E-state index < -0.39 is 0 Å². The molecule has 3 fully saturated rings. The third-order valence-corrected chi connectivity index (χ3v) is 6.78. The summed E-state index contributed by atoms with van der Waals surface area (Å²) in [5.41, 5.74) is 0. The Labute approximate surface area is 152 Å². The molecule has 1 aliphatic heterocycles. The summed E-state index contributed by atoms with van der Waals surface area (Å²) in [4.78, 5) is 11.1. The van der Waals surface area contributed by atoms with E-state index in [1.54, 1.807) is 0 Å². The number of ether oxygens (including phenoxy) is 2. The standard InChI is InChI=1S/C21H36O4/c1-3-4-7-11-17-21(25-17)20-15-13-16(22)14(19(15)20)10-8-5-6-9-12-18(23)24-2/h14-17,19-22H,3-13H2,1-2H3/t14-,15?,16-,17?,19?,20?,21?/m0/s1. The van der Waals surface area contributed by atoms with Crippen molar-refractivity contribution in [1.82, 2.24) is 0 Å². The molecule has 1 saturated heterocycles. The van der Waals surface area contributed by atoms with Crippen LogP contribution in [0.4, 0.5) is 0 Å². The molecule has 0 amide bonds. The molecule has 1 heterocycles. The van der Waals surface area contributed by atoms with Gasteiger partial charge in [0.15, 0.2) is 0 Å². The molecule has 2 aliphatic carbocycles. The highest BCUT2D eigenvalue weighted by Crippen LogP contribution is 2.66. The van der Waals surface area contributed by atoms with E-state index in [4.69, 9.17) is 4.74 Å². The van der Waals surface area contributed by atoms with Gasteiger partial charge < -0.3 is 14.6 Å². The molecule has 25 heavy (non-hydrogen) atoms. The quantitative estimate of drug-likeness (QED) is 0.326. The van der Waals surface area contributed by atoms with Gasteiger partial charge in [0.25, 0.3) is 0 Å².